The molecule has 5 aromatic rings. The van der Waals surface area contributed by atoms with E-state index in [-0.39, 0.29) is 23.6 Å². The molecule has 2 aliphatic heterocycles. The Labute approximate surface area is 277 Å². The molecule has 12 heteroatoms. The molecule has 2 amide bonds. The van der Waals surface area contributed by atoms with E-state index in [2.05, 4.69) is 20.3 Å². The van der Waals surface area contributed by atoms with Crippen LogP contribution in [0, 0.1) is 0 Å². The SMILES string of the molecule is O=C(Cc1ccccc1)NC1C(=O)N2C(C(=O)OC(c3ccccc3)c3ccccc3)=C(Sc3ncc4ccc(=O)[nH]c4n3)CS[C@H]12. The average Bonchev–Trinajstić information content (AvgIpc) is 3.10. The summed E-state index contributed by atoms with van der Waals surface area (Å²) in [7, 11) is 0. The summed E-state index contributed by atoms with van der Waals surface area (Å²) in [6.45, 7) is 0. The van der Waals surface area contributed by atoms with E-state index in [0.29, 0.717) is 26.8 Å². The van der Waals surface area contributed by atoms with Crippen molar-refractivity contribution in [1.29, 1.82) is 0 Å². The summed E-state index contributed by atoms with van der Waals surface area (Å²) in [6.07, 6.45) is 0.980. The van der Waals surface area contributed by atoms with Crippen LogP contribution in [0.3, 0.4) is 0 Å². The zero-order valence-corrected chi connectivity index (χ0v) is 26.4. The zero-order valence-electron chi connectivity index (χ0n) is 24.7. The van der Waals surface area contributed by atoms with E-state index in [0.717, 1.165) is 28.5 Å². The molecule has 0 spiro atoms. The summed E-state index contributed by atoms with van der Waals surface area (Å²) in [4.78, 5) is 66.3. The lowest BCUT2D eigenvalue weighted by atomic mass is 10.0. The van der Waals surface area contributed by atoms with Gasteiger partial charge in [-0.25, -0.2) is 14.8 Å². The molecule has 3 aromatic carbocycles. The maximum Gasteiger partial charge on any atom is 0.356 e. The van der Waals surface area contributed by atoms with E-state index in [1.807, 2.05) is 91.0 Å². The number of rotatable bonds is 9. The van der Waals surface area contributed by atoms with Crippen LogP contribution in [0.5, 0.6) is 0 Å². The number of benzene rings is 3. The highest BCUT2D eigenvalue weighted by Gasteiger charge is 2.55. The molecule has 2 N–H and O–H groups in total. The molecule has 0 radical (unpaired) electrons. The van der Waals surface area contributed by atoms with Crippen molar-refractivity contribution in [2.24, 2.45) is 0 Å². The van der Waals surface area contributed by atoms with Crippen molar-refractivity contribution >= 4 is 52.3 Å². The van der Waals surface area contributed by atoms with E-state index in [1.54, 1.807) is 12.3 Å². The predicted octanol–water partition coefficient (Wildman–Crippen LogP) is 4.60. The van der Waals surface area contributed by atoms with Gasteiger partial charge in [0.25, 0.3) is 5.91 Å². The van der Waals surface area contributed by atoms with Gasteiger partial charge in [-0.1, -0.05) is 103 Å². The normalized spacial score (nSPS) is 17.3. The van der Waals surface area contributed by atoms with Crippen LogP contribution in [-0.4, -0.2) is 54.8 Å². The molecule has 0 aliphatic carbocycles. The number of ether oxygens (including phenoxy) is 1. The minimum atomic E-state index is -0.799. The van der Waals surface area contributed by atoms with Crippen molar-refractivity contribution in [2.75, 3.05) is 5.75 Å². The number of carbonyl (C=O) groups excluding carboxylic acids is 3. The number of fused-ring (bicyclic) bond motifs is 2. The molecule has 234 valence electrons. The van der Waals surface area contributed by atoms with Crippen LogP contribution < -0.4 is 10.9 Å². The number of H-pyrrole nitrogens is 1. The Hall–Kier alpha value is -5.20. The molecule has 0 saturated carbocycles. The molecule has 7 rings (SSSR count). The predicted molar refractivity (Wildman–Crippen MR) is 179 cm³/mol. The van der Waals surface area contributed by atoms with Gasteiger partial charge in [-0.15, -0.1) is 11.8 Å². The minimum absolute atomic E-state index is 0.0828. The van der Waals surface area contributed by atoms with Crippen LogP contribution in [-0.2, 0) is 25.5 Å². The van der Waals surface area contributed by atoms with Gasteiger partial charge in [0.05, 0.1) is 6.42 Å². The Balaban J connectivity index is 1.21. The number of aromatic amines is 1. The molecule has 1 unspecified atom stereocenters. The van der Waals surface area contributed by atoms with Crippen LogP contribution in [0.1, 0.15) is 22.8 Å². The van der Waals surface area contributed by atoms with Crippen molar-refractivity contribution in [3.63, 3.8) is 0 Å². The van der Waals surface area contributed by atoms with E-state index >= 15 is 0 Å². The Morgan fingerprint density at radius 3 is 2.28 bits per heavy atom. The number of β-lactam (4-membered cyclic amide) rings is 1. The van der Waals surface area contributed by atoms with Gasteiger partial charge in [0.2, 0.25) is 11.5 Å². The third-order valence-corrected chi connectivity index (χ3v) is 10.2. The summed E-state index contributed by atoms with van der Waals surface area (Å²) in [6, 6.07) is 30.3. The van der Waals surface area contributed by atoms with Crippen molar-refractivity contribution in [1.82, 2.24) is 25.2 Å². The summed E-state index contributed by atoms with van der Waals surface area (Å²) >= 11 is 2.56. The monoisotopic (exact) mass is 661 g/mol. The number of aromatic nitrogens is 3. The second-order valence-corrected chi connectivity index (χ2v) is 13.0. The van der Waals surface area contributed by atoms with Crippen molar-refractivity contribution < 1.29 is 19.1 Å². The third-order valence-electron chi connectivity index (χ3n) is 7.75. The second kappa shape index (κ2) is 13.3. The fraction of sp³-hybridized carbons (Fsp3) is 0.143. The van der Waals surface area contributed by atoms with Crippen molar-refractivity contribution in [3.8, 4) is 0 Å². The van der Waals surface area contributed by atoms with Crippen molar-refractivity contribution in [3.05, 3.63) is 147 Å². The summed E-state index contributed by atoms with van der Waals surface area (Å²) < 4.78 is 6.22. The summed E-state index contributed by atoms with van der Waals surface area (Å²) in [5.41, 5.74) is 2.51. The van der Waals surface area contributed by atoms with Gasteiger partial charge in [0.1, 0.15) is 22.8 Å². The number of hydrogen-bond donors (Lipinski definition) is 2. The molecule has 10 nitrogen and oxygen atoms in total. The topological polar surface area (TPSA) is 134 Å². The number of amides is 2. The van der Waals surface area contributed by atoms with Crippen LogP contribution in [0.2, 0.25) is 0 Å². The van der Waals surface area contributed by atoms with Gasteiger partial charge in [0, 0.05) is 28.3 Å². The molecule has 4 heterocycles. The largest absolute Gasteiger partial charge is 0.448 e. The van der Waals surface area contributed by atoms with Crippen LogP contribution >= 0.6 is 23.5 Å². The maximum absolute atomic E-state index is 14.2. The number of carbonyl (C=O) groups is 3. The van der Waals surface area contributed by atoms with E-state index in [9.17, 15) is 19.2 Å². The molecular weight excluding hydrogens is 635 g/mol. The number of nitrogens with zero attached hydrogens (tertiary/aromatic N) is 3. The van der Waals surface area contributed by atoms with Gasteiger partial charge in [-0.2, -0.15) is 0 Å². The second-order valence-electron chi connectivity index (χ2n) is 10.9. The fourth-order valence-electron chi connectivity index (χ4n) is 5.49. The minimum Gasteiger partial charge on any atom is -0.448 e. The molecule has 1 fully saturated rings. The van der Waals surface area contributed by atoms with Crippen LogP contribution in [0.25, 0.3) is 11.0 Å². The lowest BCUT2D eigenvalue weighted by Gasteiger charge is -2.49. The van der Waals surface area contributed by atoms with Gasteiger partial charge in [0.15, 0.2) is 11.3 Å². The number of thioether (sulfide) groups is 2. The zero-order chi connectivity index (χ0) is 32.3. The van der Waals surface area contributed by atoms with E-state index in [4.69, 9.17) is 4.74 Å². The first-order valence-corrected chi connectivity index (χ1v) is 16.7. The highest BCUT2D eigenvalue weighted by Crippen LogP contribution is 2.45. The lowest BCUT2D eigenvalue weighted by Crippen LogP contribution is -2.70. The first-order chi connectivity index (χ1) is 22.9. The highest BCUT2D eigenvalue weighted by molar-refractivity contribution is 8.06. The summed E-state index contributed by atoms with van der Waals surface area (Å²) in [5.74, 6) is -1.04. The average molecular weight is 662 g/mol. The van der Waals surface area contributed by atoms with Gasteiger partial charge < -0.3 is 15.0 Å². The summed E-state index contributed by atoms with van der Waals surface area (Å²) in [5, 5.41) is 3.31. The van der Waals surface area contributed by atoms with Gasteiger partial charge >= 0.3 is 5.97 Å². The third kappa shape index (κ3) is 6.42. The molecule has 0 bridgehead atoms. The molecule has 1 saturated heterocycles. The Morgan fingerprint density at radius 2 is 1.60 bits per heavy atom. The van der Waals surface area contributed by atoms with Crippen LogP contribution in [0.15, 0.2) is 130 Å². The molecule has 2 aromatic heterocycles. The Bertz CT molecular complexity index is 2020. The molecule has 47 heavy (non-hydrogen) atoms. The van der Waals surface area contributed by atoms with E-state index in [1.165, 1.54) is 22.7 Å². The smallest absolute Gasteiger partial charge is 0.356 e. The van der Waals surface area contributed by atoms with Gasteiger partial charge in [-0.05, 0) is 22.8 Å². The maximum atomic E-state index is 14.2. The lowest BCUT2D eigenvalue weighted by molar-refractivity contribution is -0.154. The Morgan fingerprint density at radius 1 is 0.936 bits per heavy atom. The molecular formula is C35H27N5O5S2. The standard InChI is InChI=1S/C35H27N5O5S2/c41-26-17-16-24-19-36-35(39-31(24)38-26)47-25-20-46-33-28(37-27(42)18-21-10-4-1-5-11-21)32(43)40(33)29(25)34(44)45-30(22-12-6-2-7-13-22)23-14-8-3-9-15-23/h1-17,19,28,30,33H,18,20H2,(H,37,42)(H,36,38,39,41)/t28?,33-/m1/s1. The highest BCUT2D eigenvalue weighted by atomic mass is 32.2. The quantitative estimate of drug-likeness (QED) is 0.132. The van der Waals surface area contributed by atoms with Crippen LogP contribution in [0.4, 0.5) is 0 Å². The fourth-order valence-corrected chi connectivity index (χ4v) is 7.87. The Kier molecular flexibility index (Phi) is 8.60. The molecule has 2 aliphatic rings. The van der Waals surface area contributed by atoms with E-state index < -0.39 is 29.4 Å². The van der Waals surface area contributed by atoms with Crippen molar-refractivity contribution in [2.45, 2.75) is 29.1 Å². The number of esters is 1. The number of nitrogens with one attached hydrogen (secondary N) is 2. The molecule has 2 atom stereocenters. The van der Waals surface area contributed by atoms with Gasteiger partial charge in [-0.3, -0.25) is 19.3 Å². The first-order valence-electron chi connectivity index (χ1n) is 14.8. The number of hydrogen-bond acceptors (Lipinski definition) is 9. The number of pyridine rings is 1. The first kappa shape index (κ1) is 30.5.